The molecule has 0 saturated carbocycles. The van der Waals surface area contributed by atoms with Crippen LogP contribution in [0.1, 0.15) is 28.7 Å². The molecule has 1 rings (SSSR count). The second kappa shape index (κ2) is 8.97. The molecule has 2 nitrogen and oxygen atoms in total. The van der Waals surface area contributed by atoms with Crippen molar-refractivity contribution in [2.45, 2.75) is 33.4 Å². The van der Waals surface area contributed by atoms with Gasteiger partial charge >= 0.3 is 0 Å². The topological polar surface area (TPSA) is 15.3 Å². The quantitative estimate of drug-likeness (QED) is 0.701. The molecule has 1 N–H and O–H groups in total. The normalized spacial score (nSPS) is 11.4. The summed E-state index contributed by atoms with van der Waals surface area (Å²) < 4.78 is 0. The SMILES string of the molecule is CCNCc1cc(CN(C)CCCSC)c(C)s1. The van der Waals surface area contributed by atoms with Gasteiger partial charge in [-0.3, -0.25) is 0 Å². The van der Waals surface area contributed by atoms with Crippen LogP contribution in [0.4, 0.5) is 0 Å². The molecule has 0 fully saturated rings. The second-order valence-electron chi connectivity index (χ2n) is 4.66. The third-order valence-electron chi connectivity index (χ3n) is 2.95. The highest BCUT2D eigenvalue weighted by Gasteiger charge is 2.07. The van der Waals surface area contributed by atoms with Crippen LogP contribution in [-0.2, 0) is 13.1 Å². The van der Waals surface area contributed by atoms with E-state index in [1.165, 1.54) is 34.0 Å². The fourth-order valence-electron chi connectivity index (χ4n) is 1.93. The highest BCUT2D eigenvalue weighted by atomic mass is 32.2. The van der Waals surface area contributed by atoms with E-state index in [9.17, 15) is 0 Å². The lowest BCUT2D eigenvalue weighted by Crippen LogP contribution is -2.19. The van der Waals surface area contributed by atoms with Crippen molar-refractivity contribution in [1.82, 2.24) is 10.2 Å². The number of hydrogen-bond acceptors (Lipinski definition) is 4. The molecule has 0 aliphatic carbocycles. The Balaban J connectivity index is 2.42. The minimum atomic E-state index is 1.01. The lowest BCUT2D eigenvalue weighted by molar-refractivity contribution is 0.328. The van der Waals surface area contributed by atoms with Gasteiger partial charge in [0, 0.05) is 22.8 Å². The molecule has 18 heavy (non-hydrogen) atoms. The van der Waals surface area contributed by atoms with Gasteiger partial charge in [0.1, 0.15) is 0 Å². The first-order valence-corrected chi connectivity index (χ1v) is 8.84. The maximum absolute atomic E-state index is 3.39. The molecule has 0 saturated heterocycles. The van der Waals surface area contributed by atoms with Crippen LogP contribution in [0.15, 0.2) is 6.07 Å². The third kappa shape index (κ3) is 5.74. The molecule has 0 spiro atoms. The van der Waals surface area contributed by atoms with Gasteiger partial charge in [-0.1, -0.05) is 6.92 Å². The van der Waals surface area contributed by atoms with Crippen molar-refractivity contribution in [3.05, 3.63) is 21.4 Å². The van der Waals surface area contributed by atoms with Crippen LogP contribution < -0.4 is 5.32 Å². The smallest absolute Gasteiger partial charge is 0.0299 e. The van der Waals surface area contributed by atoms with Gasteiger partial charge < -0.3 is 10.2 Å². The number of rotatable bonds is 9. The molecule has 0 unspecified atom stereocenters. The van der Waals surface area contributed by atoms with Crippen LogP contribution in [-0.4, -0.2) is 37.0 Å². The first kappa shape index (κ1) is 16.0. The van der Waals surface area contributed by atoms with Crippen LogP contribution in [0, 0.1) is 6.92 Å². The summed E-state index contributed by atoms with van der Waals surface area (Å²) in [5.74, 6) is 1.26. The van der Waals surface area contributed by atoms with Crippen LogP contribution in [0.25, 0.3) is 0 Å². The zero-order valence-electron chi connectivity index (χ0n) is 12.1. The van der Waals surface area contributed by atoms with Gasteiger partial charge in [0.2, 0.25) is 0 Å². The zero-order chi connectivity index (χ0) is 13.4. The Morgan fingerprint density at radius 1 is 1.44 bits per heavy atom. The van der Waals surface area contributed by atoms with Crippen molar-refractivity contribution in [3.8, 4) is 0 Å². The summed E-state index contributed by atoms with van der Waals surface area (Å²) in [6.07, 6.45) is 3.46. The first-order chi connectivity index (χ1) is 8.67. The van der Waals surface area contributed by atoms with Crippen molar-refractivity contribution in [2.75, 3.05) is 32.1 Å². The van der Waals surface area contributed by atoms with Gasteiger partial charge in [0.05, 0.1) is 0 Å². The Morgan fingerprint density at radius 3 is 2.89 bits per heavy atom. The van der Waals surface area contributed by atoms with Crippen molar-refractivity contribution < 1.29 is 0 Å². The molecule has 1 heterocycles. The van der Waals surface area contributed by atoms with Gasteiger partial charge in [0.25, 0.3) is 0 Å². The average Bonchev–Trinajstić information content (AvgIpc) is 2.68. The summed E-state index contributed by atoms with van der Waals surface area (Å²) in [4.78, 5) is 5.36. The fraction of sp³-hybridized carbons (Fsp3) is 0.714. The van der Waals surface area contributed by atoms with Crippen LogP contribution >= 0.6 is 23.1 Å². The van der Waals surface area contributed by atoms with E-state index < -0.39 is 0 Å². The summed E-state index contributed by atoms with van der Waals surface area (Å²) in [6, 6.07) is 2.37. The van der Waals surface area contributed by atoms with Gasteiger partial charge in [-0.15, -0.1) is 11.3 Å². The molecule has 0 aliphatic heterocycles. The van der Waals surface area contributed by atoms with E-state index in [0.29, 0.717) is 0 Å². The Labute approximate surface area is 120 Å². The molecule has 0 bridgehead atoms. The first-order valence-electron chi connectivity index (χ1n) is 6.63. The van der Waals surface area contributed by atoms with Crippen LogP contribution in [0.3, 0.4) is 0 Å². The lowest BCUT2D eigenvalue weighted by Gasteiger charge is -2.15. The second-order valence-corrected chi connectivity index (χ2v) is 6.99. The lowest BCUT2D eigenvalue weighted by atomic mass is 10.2. The Bertz CT molecular complexity index is 337. The molecular formula is C14H26N2S2. The zero-order valence-corrected chi connectivity index (χ0v) is 13.7. The van der Waals surface area contributed by atoms with Gasteiger partial charge in [0.15, 0.2) is 0 Å². The summed E-state index contributed by atoms with van der Waals surface area (Å²) in [5.41, 5.74) is 1.50. The molecule has 0 atom stereocenters. The van der Waals surface area contributed by atoms with E-state index >= 15 is 0 Å². The summed E-state index contributed by atoms with van der Waals surface area (Å²) in [5, 5.41) is 3.39. The molecule has 1 aromatic rings. The molecule has 0 amide bonds. The van der Waals surface area contributed by atoms with E-state index in [1.807, 2.05) is 23.1 Å². The molecule has 4 heteroatoms. The van der Waals surface area contributed by atoms with Crippen molar-refractivity contribution in [2.24, 2.45) is 0 Å². The van der Waals surface area contributed by atoms with Gasteiger partial charge in [-0.2, -0.15) is 11.8 Å². The maximum atomic E-state index is 3.39. The fourth-order valence-corrected chi connectivity index (χ4v) is 3.37. The molecular weight excluding hydrogens is 260 g/mol. The highest BCUT2D eigenvalue weighted by Crippen LogP contribution is 2.22. The minimum Gasteiger partial charge on any atom is -0.312 e. The maximum Gasteiger partial charge on any atom is 0.0299 e. The van der Waals surface area contributed by atoms with Crippen LogP contribution in [0.2, 0.25) is 0 Å². The summed E-state index contributed by atoms with van der Waals surface area (Å²) in [6.45, 7) is 8.73. The predicted octanol–water partition coefficient (Wildman–Crippen LogP) is 3.35. The molecule has 0 aliphatic rings. The Hall–Kier alpha value is -0.0300. The average molecular weight is 287 g/mol. The number of hydrogen-bond donors (Lipinski definition) is 1. The van der Waals surface area contributed by atoms with Crippen molar-refractivity contribution in [1.29, 1.82) is 0 Å². The third-order valence-corrected chi connectivity index (χ3v) is 4.74. The number of nitrogens with zero attached hydrogens (tertiary/aromatic N) is 1. The molecule has 1 aromatic heterocycles. The van der Waals surface area contributed by atoms with Gasteiger partial charge in [-0.25, -0.2) is 0 Å². The predicted molar refractivity (Wildman–Crippen MR) is 85.8 cm³/mol. The minimum absolute atomic E-state index is 1.01. The highest BCUT2D eigenvalue weighted by molar-refractivity contribution is 7.98. The Kier molecular flexibility index (Phi) is 7.98. The molecule has 104 valence electrons. The van der Waals surface area contributed by atoms with E-state index in [4.69, 9.17) is 0 Å². The molecule has 0 radical (unpaired) electrons. The number of nitrogens with one attached hydrogen (secondary N) is 1. The van der Waals surface area contributed by atoms with E-state index in [-0.39, 0.29) is 0 Å². The number of thiophene rings is 1. The van der Waals surface area contributed by atoms with E-state index in [0.717, 1.165) is 19.6 Å². The van der Waals surface area contributed by atoms with Crippen molar-refractivity contribution in [3.63, 3.8) is 0 Å². The van der Waals surface area contributed by atoms with Gasteiger partial charge in [-0.05, 0) is 57.1 Å². The standard InChI is InChI=1S/C14H26N2S2/c1-5-15-10-14-9-13(12(2)18-14)11-16(3)7-6-8-17-4/h9,15H,5-8,10-11H2,1-4H3. The number of thioether (sulfide) groups is 1. The monoisotopic (exact) mass is 286 g/mol. The van der Waals surface area contributed by atoms with E-state index in [1.54, 1.807) is 0 Å². The molecule has 0 aromatic carbocycles. The number of aryl methyl sites for hydroxylation is 1. The van der Waals surface area contributed by atoms with Crippen molar-refractivity contribution >= 4 is 23.1 Å². The summed E-state index contributed by atoms with van der Waals surface area (Å²) in [7, 11) is 2.22. The van der Waals surface area contributed by atoms with E-state index in [2.05, 4.69) is 43.4 Å². The summed E-state index contributed by atoms with van der Waals surface area (Å²) >= 11 is 3.86. The van der Waals surface area contributed by atoms with Crippen LogP contribution in [0.5, 0.6) is 0 Å². The Morgan fingerprint density at radius 2 is 2.22 bits per heavy atom. The largest absolute Gasteiger partial charge is 0.312 e.